The van der Waals surface area contributed by atoms with E-state index in [1.165, 1.54) is 0 Å². The molecule has 1 saturated heterocycles. The van der Waals surface area contributed by atoms with E-state index in [2.05, 4.69) is 5.32 Å². The first kappa shape index (κ1) is 14.3. The lowest BCUT2D eigenvalue weighted by molar-refractivity contribution is 0.0468. The van der Waals surface area contributed by atoms with E-state index >= 15 is 0 Å². The normalized spacial score (nSPS) is 14.2. The Hall–Kier alpha value is -2.08. The molecule has 1 N–H and O–H groups in total. The molecule has 0 aliphatic carbocycles. The molecule has 6 heteroatoms. The van der Waals surface area contributed by atoms with Crippen LogP contribution in [0.3, 0.4) is 0 Å². The van der Waals surface area contributed by atoms with Crippen molar-refractivity contribution in [2.45, 2.75) is 6.42 Å². The van der Waals surface area contributed by atoms with Crippen LogP contribution in [0, 0.1) is 0 Å². The third kappa shape index (κ3) is 3.48. The summed E-state index contributed by atoms with van der Waals surface area (Å²) in [5.41, 5.74) is 1.25. The summed E-state index contributed by atoms with van der Waals surface area (Å²) in [6, 6.07) is 6.71. The Bertz CT molecular complexity index is 473. The van der Waals surface area contributed by atoms with Gasteiger partial charge in [-0.3, -0.25) is 4.90 Å². The molecule has 20 heavy (non-hydrogen) atoms. The van der Waals surface area contributed by atoms with Gasteiger partial charge < -0.3 is 14.8 Å². The lowest BCUT2D eigenvalue weighted by atomic mass is 10.2. The lowest BCUT2D eigenvalue weighted by Gasteiger charge is -2.14. The Morgan fingerprint density at radius 3 is 2.65 bits per heavy atom. The van der Waals surface area contributed by atoms with E-state index in [0.717, 1.165) is 5.69 Å². The standard InChI is InChI=1S/C14H18N2O4/c1-19-9-2-10-20-13(17)11-3-5-12(6-4-11)16-8-7-15-14(16)18/h3-6H,2,7-10H2,1H3,(H,15,18). The van der Waals surface area contributed by atoms with Crippen LogP contribution in [0.15, 0.2) is 24.3 Å². The molecule has 108 valence electrons. The molecule has 2 amide bonds. The number of methoxy groups -OCH3 is 1. The fourth-order valence-electron chi connectivity index (χ4n) is 1.95. The number of anilines is 1. The Balaban J connectivity index is 1.90. The number of hydrogen-bond acceptors (Lipinski definition) is 4. The minimum absolute atomic E-state index is 0.111. The van der Waals surface area contributed by atoms with Crippen molar-refractivity contribution < 1.29 is 19.1 Å². The number of rotatable bonds is 6. The highest BCUT2D eigenvalue weighted by atomic mass is 16.5. The number of esters is 1. The molecule has 0 saturated carbocycles. The Kier molecular flexibility index (Phi) is 4.95. The molecule has 0 spiro atoms. The summed E-state index contributed by atoms with van der Waals surface area (Å²) >= 11 is 0. The summed E-state index contributed by atoms with van der Waals surface area (Å²) in [7, 11) is 1.61. The highest BCUT2D eigenvalue weighted by Crippen LogP contribution is 2.17. The monoisotopic (exact) mass is 278 g/mol. The van der Waals surface area contributed by atoms with E-state index in [-0.39, 0.29) is 12.0 Å². The van der Waals surface area contributed by atoms with Crippen LogP contribution in [-0.2, 0) is 9.47 Å². The second kappa shape index (κ2) is 6.91. The second-order valence-electron chi connectivity index (χ2n) is 4.41. The molecule has 1 fully saturated rings. The molecular weight excluding hydrogens is 260 g/mol. The molecule has 1 aliphatic heterocycles. The SMILES string of the molecule is COCCCOC(=O)c1ccc(N2CCNC2=O)cc1. The second-order valence-corrected chi connectivity index (χ2v) is 4.41. The topological polar surface area (TPSA) is 67.9 Å². The molecular formula is C14H18N2O4. The number of carbonyl (C=O) groups excluding carboxylic acids is 2. The quantitative estimate of drug-likeness (QED) is 0.631. The van der Waals surface area contributed by atoms with Gasteiger partial charge in [0.05, 0.1) is 12.2 Å². The van der Waals surface area contributed by atoms with Gasteiger partial charge in [-0.2, -0.15) is 0 Å². The zero-order chi connectivity index (χ0) is 14.4. The minimum atomic E-state index is -0.362. The Morgan fingerprint density at radius 2 is 2.05 bits per heavy atom. The van der Waals surface area contributed by atoms with Crippen molar-refractivity contribution in [2.75, 3.05) is 38.3 Å². The van der Waals surface area contributed by atoms with Crippen LogP contribution in [0.1, 0.15) is 16.8 Å². The maximum atomic E-state index is 11.7. The number of nitrogens with zero attached hydrogens (tertiary/aromatic N) is 1. The fraction of sp³-hybridized carbons (Fsp3) is 0.429. The molecule has 0 unspecified atom stereocenters. The molecule has 1 aromatic rings. The Morgan fingerprint density at radius 1 is 1.30 bits per heavy atom. The first-order chi connectivity index (χ1) is 9.72. The maximum Gasteiger partial charge on any atom is 0.338 e. The number of urea groups is 1. The van der Waals surface area contributed by atoms with E-state index in [0.29, 0.717) is 38.3 Å². The third-order valence-electron chi connectivity index (χ3n) is 3.00. The molecule has 2 rings (SSSR count). The highest BCUT2D eigenvalue weighted by molar-refractivity contribution is 5.95. The summed E-state index contributed by atoms with van der Waals surface area (Å²) < 4.78 is 9.98. The van der Waals surface area contributed by atoms with Crippen LogP contribution in [0.4, 0.5) is 10.5 Å². The van der Waals surface area contributed by atoms with Gasteiger partial charge in [-0.15, -0.1) is 0 Å². The fourth-order valence-corrected chi connectivity index (χ4v) is 1.95. The lowest BCUT2D eigenvalue weighted by Crippen LogP contribution is -2.27. The third-order valence-corrected chi connectivity index (χ3v) is 3.00. The predicted octanol–water partition coefficient (Wildman–Crippen LogP) is 1.41. The van der Waals surface area contributed by atoms with Crippen LogP contribution >= 0.6 is 0 Å². The van der Waals surface area contributed by atoms with E-state index in [1.807, 2.05) is 0 Å². The average Bonchev–Trinajstić information content (AvgIpc) is 2.90. The van der Waals surface area contributed by atoms with Gasteiger partial charge >= 0.3 is 12.0 Å². The van der Waals surface area contributed by atoms with Crippen LogP contribution in [0.25, 0.3) is 0 Å². The molecule has 0 atom stereocenters. The van der Waals surface area contributed by atoms with Gasteiger partial charge in [0, 0.05) is 38.9 Å². The van der Waals surface area contributed by atoms with E-state index in [4.69, 9.17) is 9.47 Å². The van der Waals surface area contributed by atoms with Crippen molar-refractivity contribution in [3.8, 4) is 0 Å². The van der Waals surface area contributed by atoms with Gasteiger partial charge in [0.25, 0.3) is 0 Å². The molecule has 0 aromatic heterocycles. The van der Waals surface area contributed by atoms with E-state index in [9.17, 15) is 9.59 Å². The van der Waals surface area contributed by atoms with Crippen molar-refractivity contribution in [3.05, 3.63) is 29.8 Å². The number of carbonyl (C=O) groups is 2. The summed E-state index contributed by atoms with van der Waals surface area (Å²) in [6.45, 7) is 2.18. The number of amides is 2. The number of hydrogen-bond donors (Lipinski definition) is 1. The maximum absolute atomic E-state index is 11.7. The number of benzene rings is 1. The summed E-state index contributed by atoms with van der Waals surface area (Å²) in [6.07, 6.45) is 0.675. The van der Waals surface area contributed by atoms with Crippen molar-refractivity contribution in [2.24, 2.45) is 0 Å². The molecule has 0 radical (unpaired) electrons. The van der Waals surface area contributed by atoms with Crippen molar-refractivity contribution in [1.82, 2.24) is 5.32 Å². The van der Waals surface area contributed by atoms with Crippen molar-refractivity contribution >= 4 is 17.7 Å². The van der Waals surface area contributed by atoms with E-state index in [1.54, 1.807) is 36.3 Å². The van der Waals surface area contributed by atoms with Crippen LogP contribution in [0.2, 0.25) is 0 Å². The van der Waals surface area contributed by atoms with E-state index < -0.39 is 0 Å². The van der Waals surface area contributed by atoms with Gasteiger partial charge in [0.2, 0.25) is 0 Å². The van der Waals surface area contributed by atoms with Gasteiger partial charge in [0.15, 0.2) is 0 Å². The first-order valence-corrected chi connectivity index (χ1v) is 6.54. The molecule has 1 aromatic carbocycles. The van der Waals surface area contributed by atoms with Gasteiger partial charge in [0.1, 0.15) is 0 Å². The van der Waals surface area contributed by atoms with Crippen LogP contribution < -0.4 is 10.2 Å². The zero-order valence-electron chi connectivity index (χ0n) is 11.4. The largest absolute Gasteiger partial charge is 0.462 e. The number of ether oxygens (including phenoxy) is 2. The van der Waals surface area contributed by atoms with Gasteiger partial charge in [-0.1, -0.05) is 0 Å². The molecule has 1 heterocycles. The molecule has 0 bridgehead atoms. The zero-order valence-corrected chi connectivity index (χ0v) is 11.4. The van der Waals surface area contributed by atoms with Crippen molar-refractivity contribution in [3.63, 3.8) is 0 Å². The molecule has 1 aliphatic rings. The van der Waals surface area contributed by atoms with Gasteiger partial charge in [-0.05, 0) is 24.3 Å². The Labute approximate surface area is 117 Å². The molecule has 6 nitrogen and oxygen atoms in total. The van der Waals surface area contributed by atoms with Gasteiger partial charge in [-0.25, -0.2) is 9.59 Å². The smallest absolute Gasteiger partial charge is 0.338 e. The predicted molar refractivity (Wildman–Crippen MR) is 74.0 cm³/mol. The van der Waals surface area contributed by atoms with Crippen molar-refractivity contribution in [1.29, 1.82) is 0 Å². The summed E-state index contributed by atoms with van der Waals surface area (Å²) in [5, 5.41) is 2.73. The summed E-state index contributed by atoms with van der Waals surface area (Å²) in [5.74, 6) is -0.362. The summed E-state index contributed by atoms with van der Waals surface area (Å²) in [4.78, 5) is 24.9. The first-order valence-electron chi connectivity index (χ1n) is 6.54. The average molecular weight is 278 g/mol. The number of nitrogens with one attached hydrogen (secondary N) is 1. The van der Waals surface area contributed by atoms with Crippen LogP contribution in [0.5, 0.6) is 0 Å². The highest BCUT2D eigenvalue weighted by Gasteiger charge is 2.21. The van der Waals surface area contributed by atoms with Crippen LogP contribution in [-0.4, -0.2) is 45.4 Å². The minimum Gasteiger partial charge on any atom is -0.462 e.